The summed E-state index contributed by atoms with van der Waals surface area (Å²) >= 11 is 0. The maximum atomic E-state index is 12.4. The number of hydrogen-bond donors (Lipinski definition) is 1. The van der Waals surface area contributed by atoms with Crippen molar-refractivity contribution in [3.05, 3.63) is 54.1 Å². The number of carbonyl (C=O) groups excluding carboxylic acids is 1. The monoisotopic (exact) mass is 338 g/mol. The summed E-state index contributed by atoms with van der Waals surface area (Å²) in [5, 5.41) is 3.03. The highest BCUT2D eigenvalue weighted by Gasteiger charge is 2.15. The van der Waals surface area contributed by atoms with Crippen LogP contribution in [0.3, 0.4) is 0 Å². The second kappa shape index (κ2) is 8.17. The van der Waals surface area contributed by atoms with Crippen LogP contribution in [-0.2, 0) is 4.74 Å². The number of ether oxygens (including phenoxy) is 1. The molecule has 0 aliphatic carbocycles. The van der Waals surface area contributed by atoms with Crippen molar-refractivity contribution in [3.8, 4) is 11.1 Å². The molecule has 2 aromatic rings. The number of benzene rings is 2. The summed E-state index contributed by atoms with van der Waals surface area (Å²) in [6.45, 7) is 2.38. The molecule has 3 rings (SSSR count). The smallest absolute Gasteiger partial charge is 0.251 e. The van der Waals surface area contributed by atoms with Gasteiger partial charge in [-0.15, -0.1) is 0 Å². The van der Waals surface area contributed by atoms with Crippen molar-refractivity contribution >= 4 is 11.6 Å². The van der Waals surface area contributed by atoms with Gasteiger partial charge in [0.15, 0.2) is 0 Å². The third-order valence-corrected chi connectivity index (χ3v) is 4.68. The van der Waals surface area contributed by atoms with E-state index in [1.54, 1.807) is 0 Å². The van der Waals surface area contributed by atoms with E-state index in [-0.39, 0.29) is 5.91 Å². The molecule has 1 fully saturated rings. The van der Waals surface area contributed by atoms with Gasteiger partial charge in [0, 0.05) is 45.1 Å². The second-order valence-electron chi connectivity index (χ2n) is 6.80. The van der Waals surface area contributed by atoms with Gasteiger partial charge in [-0.05, 0) is 54.2 Å². The van der Waals surface area contributed by atoms with Crippen LogP contribution in [0.2, 0.25) is 0 Å². The minimum absolute atomic E-state index is 0.00969. The number of nitrogens with zero attached hydrogens (tertiary/aromatic N) is 1. The van der Waals surface area contributed by atoms with Crippen LogP contribution in [0.5, 0.6) is 0 Å². The molecule has 1 aliphatic heterocycles. The van der Waals surface area contributed by atoms with Gasteiger partial charge in [-0.1, -0.05) is 24.3 Å². The SMILES string of the molecule is CN(C)c1cccc(-c2cccc(C(=O)NCCC3CCOC3)c2)c1. The predicted molar refractivity (Wildman–Crippen MR) is 102 cm³/mol. The summed E-state index contributed by atoms with van der Waals surface area (Å²) in [6.07, 6.45) is 2.09. The predicted octanol–water partition coefficient (Wildman–Crippen LogP) is 3.58. The van der Waals surface area contributed by atoms with Crippen molar-refractivity contribution < 1.29 is 9.53 Å². The fraction of sp³-hybridized carbons (Fsp3) is 0.381. The molecule has 132 valence electrons. The Morgan fingerprint density at radius 3 is 2.64 bits per heavy atom. The average Bonchev–Trinajstić information content (AvgIpc) is 3.15. The molecule has 1 saturated heterocycles. The highest BCUT2D eigenvalue weighted by atomic mass is 16.5. The van der Waals surface area contributed by atoms with E-state index in [1.165, 1.54) is 0 Å². The van der Waals surface area contributed by atoms with Crippen LogP contribution in [0.1, 0.15) is 23.2 Å². The van der Waals surface area contributed by atoms with Crippen molar-refractivity contribution in [1.82, 2.24) is 5.32 Å². The van der Waals surface area contributed by atoms with Gasteiger partial charge in [-0.2, -0.15) is 0 Å². The molecule has 1 atom stereocenters. The standard InChI is InChI=1S/C21H26N2O2/c1-23(2)20-8-4-6-18(14-20)17-5-3-7-19(13-17)21(24)22-11-9-16-10-12-25-15-16/h3-8,13-14,16H,9-12,15H2,1-2H3,(H,22,24). The zero-order chi connectivity index (χ0) is 17.6. The number of hydrogen-bond acceptors (Lipinski definition) is 3. The normalized spacial score (nSPS) is 16.6. The Morgan fingerprint density at radius 2 is 1.92 bits per heavy atom. The first kappa shape index (κ1) is 17.5. The lowest BCUT2D eigenvalue weighted by molar-refractivity contribution is 0.0950. The van der Waals surface area contributed by atoms with Crippen LogP contribution in [-0.4, -0.2) is 39.8 Å². The second-order valence-corrected chi connectivity index (χ2v) is 6.80. The van der Waals surface area contributed by atoms with E-state index in [1.807, 2.05) is 44.4 Å². The van der Waals surface area contributed by atoms with Crippen LogP contribution in [0.15, 0.2) is 48.5 Å². The van der Waals surface area contributed by atoms with E-state index in [4.69, 9.17) is 4.74 Å². The van der Waals surface area contributed by atoms with Gasteiger partial charge in [0.1, 0.15) is 0 Å². The Hall–Kier alpha value is -2.33. The first-order valence-corrected chi connectivity index (χ1v) is 8.87. The van der Waals surface area contributed by atoms with Crippen molar-refractivity contribution in [2.45, 2.75) is 12.8 Å². The summed E-state index contributed by atoms with van der Waals surface area (Å²) < 4.78 is 5.37. The maximum Gasteiger partial charge on any atom is 0.251 e. The third-order valence-electron chi connectivity index (χ3n) is 4.68. The van der Waals surface area contributed by atoms with Gasteiger partial charge in [-0.25, -0.2) is 0 Å². The molecular formula is C21H26N2O2. The van der Waals surface area contributed by atoms with E-state index < -0.39 is 0 Å². The van der Waals surface area contributed by atoms with E-state index in [2.05, 4.69) is 28.4 Å². The zero-order valence-electron chi connectivity index (χ0n) is 15.0. The lowest BCUT2D eigenvalue weighted by Gasteiger charge is -2.14. The number of carbonyl (C=O) groups is 1. The first-order valence-electron chi connectivity index (χ1n) is 8.87. The fourth-order valence-electron chi connectivity index (χ4n) is 3.11. The van der Waals surface area contributed by atoms with Gasteiger partial charge in [0.05, 0.1) is 0 Å². The molecule has 0 bridgehead atoms. The lowest BCUT2D eigenvalue weighted by atomic mass is 10.0. The first-order chi connectivity index (χ1) is 12.1. The Kier molecular flexibility index (Phi) is 5.71. The van der Waals surface area contributed by atoms with E-state index >= 15 is 0 Å². The minimum Gasteiger partial charge on any atom is -0.381 e. The van der Waals surface area contributed by atoms with Gasteiger partial charge in [0.25, 0.3) is 5.91 Å². The number of amides is 1. The van der Waals surface area contributed by atoms with Crippen molar-refractivity contribution in [2.75, 3.05) is 38.8 Å². The Balaban J connectivity index is 1.66. The molecule has 0 aromatic heterocycles. The molecular weight excluding hydrogens is 312 g/mol. The van der Waals surface area contributed by atoms with Crippen molar-refractivity contribution in [2.24, 2.45) is 5.92 Å². The Bertz CT molecular complexity index is 721. The molecule has 1 unspecified atom stereocenters. The van der Waals surface area contributed by atoms with Gasteiger partial charge in [0.2, 0.25) is 0 Å². The van der Waals surface area contributed by atoms with Gasteiger partial charge in [-0.3, -0.25) is 4.79 Å². The third kappa shape index (κ3) is 4.60. The average molecular weight is 338 g/mol. The summed E-state index contributed by atoms with van der Waals surface area (Å²) in [7, 11) is 4.05. The van der Waals surface area contributed by atoms with Crippen molar-refractivity contribution in [3.63, 3.8) is 0 Å². The summed E-state index contributed by atoms with van der Waals surface area (Å²) in [4.78, 5) is 14.5. The summed E-state index contributed by atoms with van der Waals surface area (Å²) in [5.41, 5.74) is 4.02. The fourth-order valence-corrected chi connectivity index (χ4v) is 3.11. The van der Waals surface area contributed by atoms with E-state index in [0.717, 1.165) is 42.9 Å². The van der Waals surface area contributed by atoms with Crippen LogP contribution >= 0.6 is 0 Å². The Labute approximate surface area is 149 Å². The molecule has 0 saturated carbocycles. The molecule has 0 radical (unpaired) electrons. The molecule has 1 heterocycles. The molecule has 1 aliphatic rings. The molecule has 1 N–H and O–H groups in total. The maximum absolute atomic E-state index is 12.4. The van der Waals surface area contributed by atoms with Crippen LogP contribution < -0.4 is 10.2 Å². The minimum atomic E-state index is -0.00969. The molecule has 4 heteroatoms. The highest BCUT2D eigenvalue weighted by Crippen LogP contribution is 2.24. The van der Waals surface area contributed by atoms with Gasteiger partial charge < -0.3 is 15.0 Å². The number of nitrogens with one attached hydrogen (secondary N) is 1. The summed E-state index contributed by atoms with van der Waals surface area (Å²) in [5.74, 6) is 0.574. The molecule has 4 nitrogen and oxygen atoms in total. The molecule has 2 aromatic carbocycles. The lowest BCUT2D eigenvalue weighted by Crippen LogP contribution is -2.26. The largest absolute Gasteiger partial charge is 0.381 e. The number of anilines is 1. The number of rotatable bonds is 6. The molecule has 0 spiro atoms. The molecule has 1 amide bonds. The van der Waals surface area contributed by atoms with E-state index in [9.17, 15) is 4.79 Å². The van der Waals surface area contributed by atoms with Crippen LogP contribution in [0.4, 0.5) is 5.69 Å². The van der Waals surface area contributed by atoms with Gasteiger partial charge >= 0.3 is 0 Å². The quantitative estimate of drug-likeness (QED) is 0.875. The topological polar surface area (TPSA) is 41.6 Å². The zero-order valence-corrected chi connectivity index (χ0v) is 15.0. The Morgan fingerprint density at radius 1 is 1.16 bits per heavy atom. The van der Waals surface area contributed by atoms with Crippen LogP contribution in [0, 0.1) is 5.92 Å². The van der Waals surface area contributed by atoms with Crippen LogP contribution in [0.25, 0.3) is 11.1 Å². The molecule has 25 heavy (non-hydrogen) atoms. The van der Waals surface area contributed by atoms with E-state index in [0.29, 0.717) is 18.0 Å². The summed E-state index contributed by atoms with van der Waals surface area (Å²) in [6, 6.07) is 16.1. The highest BCUT2D eigenvalue weighted by molar-refractivity contribution is 5.95. The van der Waals surface area contributed by atoms with Crippen molar-refractivity contribution in [1.29, 1.82) is 0 Å².